The molecule has 6 amide bonds. The number of carbonyl (C=O) groups excluding carboxylic acids is 6. The van der Waals surface area contributed by atoms with Gasteiger partial charge in [0.25, 0.3) is 17.4 Å². The molecule has 3 aromatic carbocycles. The molecule has 2 aliphatic rings. The molecule has 19 nitrogen and oxygen atoms in total. The first-order valence-corrected chi connectivity index (χ1v) is 25.6. The fourth-order valence-electron chi connectivity index (χ4n) is 9.33. The van der Waals surface area contributed by atoms with Gasteiger partial charge in [0, 0.05) is 68.2 Å². The molecule has 4 N–H and O–H groups in total. The van der Waals surface area contributed by atoms with Gasteiger partial charge in [-0.15, -0.1) is 0 Å². The van der Waals surface area contributed by atoms with Crippen LogP contribution in [0.15, 0.2) is 83.8 Å². The molecule has 0 bridgehead atoms. The van der Waals surface area contributed by atoms with Crippen LogP contribution in [0.2, 0.25) is 0 Å². The Morgan fingerprint density at radius 1 is 0.800 bits per heavy atom. The summed E-state index contributed by atoms with van der Waals surface area (Å²) < 4.78 is 40.3. The van der Waals surface area contributed by atoms with Gasteiger partial charge < -0.3 is 39.5 Å². The van der Waals surface area contributed by atoms with Crippen LogP contribution in [0.4, 0.5) is 10.1 Å². The molecule has 400 valence electrons. The Kier molecular flexibility index (Phi) is 20.2. The molecular formula is C55H67FN8O11. The summed E-state index contributed by atoms with van der Waals surface area (Å²) in [6, 6.07) is 17.6. The third-order valence-corrected chi connectivity index (χ3v) is 13.2. The highest BCUT2D eigenvalue weighted by Crippen LogP contribution is 2.32. The van der Waals surface area contributed by atoms with Gasteiger partial charge in [0.2, 0.25) is 23.6 Å². The second-order valence-electron chi connectivity index (χ2n) is 18.8. The molecule has 2 unspecified atom stereocenters. The lowest BCUT2D eigenvalue weighted by Crippen LogP contribution is -2.48. The van der Waals surface area contributed by atoms with E-state index >= 15 is 0 Å². The van der Waals surface area contributed by atoms with Crippen molar-refractivity contribution in [3.05, 3.63) is 123 Å². The number of hydrogen-bond donors (Lipinski definition) is 4. The Bertz CT molecular complexity index is 2880. The summed E-state index contributed by atoms with van der Waals surface area (Å²) in [4.78, 5) is 97.4. The van der Waals surface area contributed by atoms with E-state index in [1.807, 2.05) is 31.2 Å². The maximum Gasteiger partial charge on any atom is 0.271 e. The predicted molar refractivity (Wildman–Crippen MR) is 277 cm³/mol. The molecule has 2 atom stereocenters. The first-order chi connectivity index (χ1) is 36.3. The summed E-state index contributed by atoms with van der Waals surface area (Å²) in [5.41, 5.74) is 2.60. The zero-order chi connectivity index (χ0) is 53.3. The number of carbonyl (C=O) groups is 6. The normalized spacial score (nSPS) is 15.3. The van der Waals surface area contributed by atoms with Crippen molar-refractivity contribution in [2.24, 2.45) is 0 Å². The van der Waals surface area contributed by atoms with Gasteiger partial charge >= 0.3 is 0 Å². The number of pyridine rings is 1. The maximum absolute atomic E-state index is 14.8. The molecule has 0 radical (unpaired) electrons. The van der Waals surface area contributed by atoms with Crippen LogP contribution in [-0.4, -0.2) is 115 Å². The molecule has 75 heavy (non-hydrogen) atoms. The average molecular weight is 1040 g/mol. The van der Waals surface area contributed by atoms with Crippen LogP contribution in [-0.2, 0) is 44.7 Å². The second-order valence-corrected chi connectivity index (χ2v) is 18.8. The first-order valence-electron chi connectivity index (χ1n) is 25.6. The second kappa shape index (κ2) is 27.3. The minimum atomic E-state index is -1.09. The van der Waals surface area contributed by atoms with E-state index in [1.54, 1.807) is 42.7 Å². The number of rotatable bonds is 26. The zero-order valence-electron chi connectivity index (χ0n) is 42.8. The number of imide groups is 1. The van der Waals surface area contributed by atoms with Crippen LogP contribution in [0.25, 0.3) is 10.9 Å². The van der Waals surface area contributed by atoms with Gasteiger partial charge in [-0.2, -0.15) is 0 Å². The van der Waals surface area contributed by atoms with E-state index in [9.17, 15) is 38.0 Å². The van der Waals surface area contributed by atoms with Crippen LogP contribution in [0.1, 0.15) is 103 Å². The highest BCUT2D eigenvalue weighted by Gasteiger charge is 2.36. The van der Waals surface area contributed by atoms with E-state index in [-0.39, 0.29) is 66.7 Å². The van der Waals surface area contributed by atoms with Crippen LogP contribution >= 0.6 is 0 Å². The molecule has 3 heterocycles. The molecule has 5 aromatic rings. The van der Waals surface area contributed by atoms with E-state index in [1.165, 1.54) is 39.9 Å². The van der Waals surface area contributed by atoms with Crippen molar-refractivity contribution in [3.63, 3.8) is 0 Å². The van der Waals surface area contributed by atoms with E-state index in [0.717, 1.165) is 48.6 Å². The highest BCUT2D eigenvalue weighted by molar-refractivity contribution is 6.02. The van der Waals surface area contributed by atoms with Crippen molar-refractivity contribution in [2.75, 3.05) is 64.2 Å². The molecule has 1 saturated carbocycles. The van der Waals surface area contributed by atoms with Crippen molar-refractivity contribution in [2.45, 2.75) is 103 Å². The monoisotopic (exact) mass is 1030 g/mol. The summed E-state index contributed by atoms with van der Waals surface area (Å²) in [6.07, 6.45) is 7.72. The predicted octanol–water partition coefficient (Wildman–Crippen LogP) is 5.22. The summed E-state index contributed by atoms with van der Waals surface area (Å²) in [6.45, 7) is 7.69. The molecule has 0 spiro atoms. The van der Waals surface area contributed by atoms with Crippen LogP contribution in [0, 0.1) is 26.6 Å². The standard InChI is InChI=1S/C55H67FN8O11/c1-36-12-7-8-17-44(36)52(55(71)60-40-14-5-4-6-15-40)63(41-16-9-13-39(56)31-41)51(68)34-62-33-45(59-38(62)3)53(69)58-23-11-25-73-27-29-74-28-26-72-24-10-22-57-49(66)35-75-42-18-19-43-37(2)30-50(67)64(47(43)32-42)46-20-21-48(65)61-54(46)70/h7-9,12-13,16-19,30-33,40,46,52H,4-6,10-11,14-15,20-29,34-35H2,1-3H3,(H,57,66)(H,58,69)(H,60,71)(H,61,65,70). The van der Waals surface area contributed by atoms with Crippen molar-refractivity contribution in [3.8, 4) is 5.75 Å². The van der Waals surface area contributed by atoms with Gasteiger partial charge in [-0.1, -0.05) is 49.6 Å². The van der Waals surface area contributed by atoms with Crippen LogP contribution in [0.5, 0.6) is 5.75 Å². The number of amides is 6. The summed E-state index contributed by atoms with van der Waals surface area (Å²) >= 11 is 0. The van der Waals surface area contributed by atoms with Crippen molar-refractivity contribution in [1.82, 2.24) is 35.4 Å². The largest absolute Gasteiger partial charge is 0.484 e. The molecular weight excluding hydrogens is 968 g/mol. The molecule has 1 aliphatic carbocycles. The number of aromatic nitrogens is 3. The SMILES string of the molecule is Cc1ccccc1C(C(=O)NC1CCCCC1)N(C(=O)Cn1cc(C(=O)NCCCOCCOCCOCCCNC(=O)COc2ccc3c(C)cc(=O)n(C4CCC(=O)NC4=O)c3c2)nc1C)c1cccc(F)c1. The Morgan fingerprint density at radius 3 is 2.21 bits per heavy atom. The minimum absolute atomic E-state index is 0.0263. The number of hydrogen-bond acceptors (Lipinski definition) is 12. The lowest BCUT2D eigenvalue weighted by Gasteiger charge is -2.34. The number of fused-ring (bicyclic) bond motifs is 1. The third kappa shape index (κ3) is 15.4. The Morgan fingerprint density at radius 2 is 1.51 bits per heavy atom. The minimum Gasteiger partial charge on any atom is -0.484 e. The van der Waals surface area contributed by atoms with Gasteiger partial charge in [-0.3, -0.25) is 48.3 Å². The molecule has 1 saturated heterocycles. The number of nitrogens with zero attached hydrogens (tertiary/aromatic N) is 4. The Labute approximate surface area is 434 Å². The number of halogens is 1. The lowest BCUT2D eigenvalue weighted by molar-refractivity contribution is -0.135. The lowest BCUT2D eigenvalue weighted by atomic mass is 9.93. The van der Waals surface area contributed by atoms with Crippen molar-refractivity contribution >= 4 is 52.0 Å². The fraction of sp³-hybridized carbons (Fsp3) is 0.455. The molecule has 2 aromatic heterocycles. The Balaban J connectivity index is 0.762. The summed E-state index contributed by atoms with van der Waals surface area (Å²) in [5.74, 6) is -2.30. The van der Waals surface area contributed by atoms with Gasteiger partial charge in [-0.05, 0) is 99.9 Å². The average Bonchev–Trinajstić information content (AvgIpc) is 3.76. The van der Waals surface area contributed by atoms with Crippen LogP contribution in [0.3, 0.4) is 0 Å². The van der Waals surface area contributed by atoms with Crippen LogP contribution < -0.4 is 36.5 Å². The number of benzene rings is 3. The van der Waals surface area contributed by atoms with E-state index in [4.69, 9.17) is 18.9 Å². The molecule has 7 rings (SSSR count). The Hall–Kier alpha value is -7.29. The number of anilines is 1. The van der Waals surface area contributed by atoms with E-state index < -0.39 is 35.6 Å². The maximum atomic E-state index is 14.8. The number of nitrogens with one attached hydrogen (secondary N) is 4. The van der Waals surface area contributed by atoms with E-state index in [0.29, 0.717) is 88.2 Å². The quantitative estimate of drug-likeness (QED) is 0.0413. The highest BCUT2D eigenvalue weighted by atomic mass is 19.1. The topological polar surface area (TPSA) is 231 Å². The van der Waals surface area contributed by atoms with Gasteiger partial charge in [0.1, 0.15) is 41.7 Å². The van der Waals surface area contributed by atoms with Gasteiger partial charge in [0.05, 0.1) is 31.9 Å². The summed E-state index contributed by atoms with van der Waals surface area (Å²) in [5, 5.41) is 11.9. The fourth-order valence-corrected chi connectivity index (χ4v) is 9.33. The number of imidazole rings is 1. The zero-order valence-corrected chi connectivity index (χ0v) is 42.8. The number of ether oxygens (including phenoxy) is 4. The number of piperidine rings is 1. The first kappa shape index (κ1) is 55.5. The van der Waals surface area contributed by atoms with Crippen molar-refractivity contribution in [1.29, 1.82) is 0 Å². The smallest absolute Gasteiger partial charge is 0.271 e. The van der Waals surface area contributed by atoms with Gasteiger partial charge in [-0.25, -0.2) is 9.37 Å². The van der Waals surface area contributed by atoms with Gasteiger partial charge in [0.15, 0.2) is 6.61 Å². The summed E-state index contributed by atoms with van der Waals surface area (Å²) in [7, 11) is 0. The molecule has 1 aliphatic heterocycles. The third-order valence-electron chi connectivity index (χ3n) is 13.2. The molecule has 2 fully saturated rings. The molecule has 20 heteroatoms. The number of aryl methyl sites for hydroxylation is 3. The van der Waals surface area contributed by atoms with Crippen molar-refractivity contribution < 1.29 is 52.1 Å². The van der Waals surface area contributed by atoms with E-state index in [2.05, 4.69) is 26.3 Å².